The first-order valence-corrected chi connectivity index (χ1v) is 9.27. The van der Waals surface area contributed by atoms with Crippen LogP contribution in [0.1, 0.15) is 21.5 Å². The zero-order valence-electron chi connectivity index (χ0n) is 16.6. The van der Waals surface area contributed by atoms with Crippen molar-refractivity contribution < 1.29 is 32.5 Å². The molecule has 0 spiro atoms. The lowest BCUT2D eigenvalue weighted by Gasteiger charge is -2.31. The Morgan fingerprint density at radius 2 is 1.75 bits per heavy atom. The number of rotatable bonds is 5. The third-order valence-electron chi connectivity index (χ3n) is 4.94. The number of nitro groups is 2. The zero-order chi connectivity index (χ0) is 23.6. The van der Waals surface area contributed by atoms with Crippen molar-refractivity contribution in [2.75, 3.05) is 36.5 Å². The van der Waals surface area contributed by atoms with Crippen LogP contribution >= 0.6 is 0 Å². The topological polar surface area (TPSA) is 128 Å². The molecular formula is C19H17F3N4O6. The molecule has 10 nitrogen and oxygen atoms in total. The Morgan fingerprint density at radius 1 is 1.09 bits per heavy atom. The predicted molar refractivity (Wildman–Crippen MR) is 107 cm³/mol. The van der Waals surface area contributed by atoms with Crippen LogP contribution in [0.5, 0.6) is 0 Å². The number of hydrogen-bond acceptors (Lipinski definition) is 7. The first-order valence-electron chi connectivity index (χ1n) is 9.27. The van der Waals surface area contributed by atoms with Gasteiger partial charge in [-0.1, -0.05) is 0 Å². The van der Waals surface area contributed by atoms with E-state index in [2.05, 4.69) is 5.32 Å². The van der Waals surface area contributed by atoms with Crippen molar-refractivity contribution in [3.63, 3.8) is 0 Å². The van der Waals surface area contributed by atoms with Gasteiger partial charge in [0.1, 0.15) is 0 Å². The number of halogens is 3. The molecule has 3 rings (SSSR count). The summed E-state index contributed by atoms with van der Waals surface area (Å²) in [5.41, 5.74) is -2.78. The summed E-state index contributed by atoms with van der Waals surface area (Å²) in [5.74, 6) is -1.01. The molecule has 2 aromatic carbocycles. The lowest BCUT2D eigenvalue weighted by atomic mass is 10.0. The predicted octanol–water partition coefficient (Wildman–Crippen LogP) is 3.92. The lowest BCUT2D eigenvalue weighted by Crippen LogP contribution is -2.37. The van der Waals surface area contributed by atoms with Crippen molar-refractivity contribution in [2.24, 2.45) is 0 Å². The molecule has 1 fully saturated rings. The van der Waals surface area contributed by atoms with Gasteiger partial charge in [-0.05, 0) is 25.1 Å². The Balaban J connectivity index is 2.06. The molecule has 32 heavy (non-hydrogen) atoms. The van der Waals surface area contributed by atoms with E-state index in [-0.39, 0.29) is 11.3 Å². The zero-order valence-corrected chi connectivity index (χ0v) is 16.6. The minimum Gasteiger partial charge on any atom is -0.378 e. The monoisotopic (exact) mass is 454 g/mol. The lowest BCUT2D eigenvalue weighted by molar-refractivity contribution is -0.394. The summed E-state index contributed by atoms with van der Waals surface area (Å²) in [7, 11) is 0. The van der Waals surface area contributed by atoms with Crippen LogP contribution in [0, 0.1) is 27.2 Å². The van der Waals surface area contributed by atoms with Crippen molar-refractivity contribution in [3.05, 3.63) is 67.3 Å². The molecule has 1 N–H and O–H groups in total. The van der Waals surface area contributed by atoms with Crippen LogP contribution in [-0.2, 0) is 10.9 Å². The summed E-state index contributed by atoms with van der Waals surface area (Å²) >= 11 is 0. The number of alkyl halides is 3. The SMILES string of the molecule is Cc1c(C(=O)Nc2cc(C(F)(F)F)ccc2N2CCOCC2)cc([N+](=O)[O-])cc1[N+](=O)[O-]. The van der Waals surface area contributed by atoms with Crippen LogP contribution in [0.4, 0.5) is 35.9 Å². The average Bonchev–Trinajstić information content (AvgIpc) is 2.73. The van der Waals surface area contributed by atoms with Crippen molar-refractivity contribution in [2.45, 2.75) is 13.1 Å². The molecule has 0 aromatic heterocycles. The number of morpholine rings is 1. The molecule has 0 bridgehead atoms. The molecule has 1 aliphatic heterocycles. The molecule has 1 amide bonds. The summed E-state index contributed by atoms with van der Waals surface area (Å²) < 4.78 is 45.0. The van der Waals surface area contributed by atoms with E-state index in [1.165, 1.54) is 13.0 Å². The van der Waals surface area contributed by atoms with E-state index in [4.69, 9.17) is 4.74 Å². The maximum Gasteiger partial charge on any atom is 0.416 e. The van der Waals surface area contributed by atoms with Gasteiger partial charge in [0.15, 0.2) is 0 Å². The number of nitrogens with one attached hydrogen (secondary N) is 1. The molecule has 0 radical (unpaired) electrons. The maximum absolute atomic E-state index is 13.3. The van der Waals surface area contributed by atoms with E-state index in [1.807, 2.05) is 0 Å². The van der Waals surface area contributed by atoms with Gasteiger partial charge in [0.05, 0.1) is 51.6 Å². The van der Waals surface area contributed by atoms with E-state index >= 15 is 0 Å². The third-order valence-corrected chi connectivity index (χ3v) is 4.94. The molecule has 0 unspecified atom stereocenters. The molecule has 1 heterocycles. The van der Waals surface area contributed by atoms with E-state index < -0.39 is 44.4 Å². The van der Waals surface area contributed by atoms with Crippen LogP contribution in [0.3, 0.4) is 0 Å². The van der Waals surface area contributed by atoms with Crippen molar-refractivity contribution in [1.82, 2.24) is 0 Å². The molecule has 13 heteroatoms. The largest absolute Gasteiger partial charge is 0.416 e. The number of nitrogens with zero attached hydrogens (tertiary/aromatic N) is 3. The van der Waals surface area contributed by atoms with Crippen LogP contribution in [0.25, 0.3) is 0 Å². The number of anilines is 2. The normalized spacial score (nSPS) is 14.2. The molecule has 1 saturated heterocycles. The van der Waals surface area contributed by atoms with Gasteiger partial charge in [0.25, 0.3) is 17.3 Å². The van der Waals surface area contributed by atoms with Gasteiger partial charge in [-0.2, -0.15) is 13.2 Å². The van der Waals surface area contributed by atoms with Crippen LogP contribution in [0.15, 0.2) is 30.3 Å². The Labute approximate surface area is 178 Å². The number of nitro benzene ring substituents is 2. The van der Waals surface area contributed by atoms with Crippen LogP contribution < -0.4 is 10.2 Å². The smallest absolute Gasteiger partial charge is 0.378 e. The third kappa shape index (κ3) is 4.77. The molecule has 0 saturated carbocycles. The van der Waals surface area contributed by atoms with Gasteiger partial charge in [0, 0.05) is 24.7 Å². The minimum atomic E-state index is -4.68. The maximum atomic E-state index is 13.3. The van der Waals surface area contributed by atoms with Gasteiger partial charge in [-0.3, -0.25) is 25.0 Å². The van der Waals surface area contributed by atoms with E-state index in [1.54, 1.807) is 4.90 Å². The fourth-order valence-electron chi connectivity index (χ4n) is 3.30. The summed E-state index contributed by atoms with van der Waals surface area (Å²) in [6.45, 7) is 2.64. The van der Waals surface area contributed by atoms with E-state index in [9.17, 15) is 38.2 Å². The Hall–Kier alpha value is -3.74. The average molecular weight is 454 g/mol. The number of carbonyl (C=O) groups is 1. The first-order chi connectivity index (χ1) is 15.0. The fraction of sp³-hybridized carbons (Fsp3) is 0.316. The quantitative estimate of drug-likeness (QED) is 0.536. The van der Waals surface area contributed by atoms with Gasteiger partial charge >= 0.3 is 6.18 Å². The van der Waals surface area contributed by atoms with Crippen LogP contribution in [-0.4, -0.2) is 42.1 Å². The summed E-state index contributed by atoms with van der Waals surface area (Å²) in [4.78, 5) is 35.3. The van der Waals surface area contributed by atoms with Gasteiger partial charge in [0.2, 0.25) is 0 Å². The summed E-state index contributed by atoms with van der Waals surface area (Å²) in [6, 6.07) is 4.41. The molecule has 0 aliphatic carbocycles. The van der Waals surface area contributed by atoms with Gasteiger partial charge in [-0.25, -0.2) is 0 Å². The number of non-ortho nitro benzene ring substituents is 1. The van der Waals surface area contributed by atoms with Crippen molar-refractivity contribution in [1.29, 1.82) is 0 Å². The highest BCUT2D eigenvalue weighted by Crippen LogP contribution is 2.36. The second kappa shape index (κ2) is 8.78. The Bertz CT molecular complexity index is 1080. The number of amides is 1. The highest BCUT2D eigenvalue weighted by Gasteiger charge is 2.32. The van der Waals surface area contributed by atoms with Crippen molar-refractivity contribution in [3.8, 4) is 0 Å². The number of ether oxygens (including phenoxy) is 1. The summed E-state index contributed by atoms with van der Waals surface area (Å²) in [6.07, 6.45) is -4.68. The van der Waals surface area contributed by atoms with E-state index in [0.717, 1.165) is 24.3 Å². The molecule has 0 atom stereocenters. The molecule has 1 aliphatic rings. The molecule has 2 aromatic rings. The highest BCUT2D eigenvalue weighted by atomic mass is 19.4. The Kier molecular flexibility index (Phi) is 6.30. The van der Waals surface area contributed by atoms with Gasteiger partial charge in [-0.15, -0.1) is 0 Å². The van der Waals surface area contributed by atoms with Gasteiger partial charge < -0.3 is 15.0 Å². The number of benzene rings is 2. The van der Waals surface area contributed by atoms with Crippen LogP contribution in [0.2, 0.25) is 0 Å². The summed E-state index contributed by atoms with van der Waals surface area (Å²) in [5, 5.41) is 24.7. The molecule has 170 valence electrons. The second-order valence-electron chi connectivity index (χ2n) is 6.93. The standard InChI is InChI=1S/C19H17F3N4O6/c1-11-14(9-13(25(28)29)10-17(11)26(30)31)18(27)23-15-8-12(19(20,21)22)2-3-16(15)24-4-6-32-7-5-24/h2-3,8-10H,4-7H2,1H3,(H,23,27). The van der Waals surface area contributed by atoms with Crippen molar-refractivity contribution >= 4 is 28.7 Å². The Morgan fingerprint density at radius 3 is 2.31 bits per heavy atom. The highest BCUT2D eigenvalue weighted by molar-refractivity contribution is 6.08. The fourth-order valence-corrected chi connectivity index (χ4v) is 3.30. The second-order valence-corrected chi connectivity index (χ2v) is 6.93. The number of hydrogen-bond donors (Lipinski definition) is 1. The number of carbonyl (C=O) groups excluding carboxylic acids is 1. The van der Waals surface area contributed by atoms with E-state index in [0.29, 0.717) is 32.0 Å². The minimum absolute atomic E-state index is 0.155. The first kappa shape index (κ1) is 22.9. The molecular weight excluding hydrogens is 437 g/mol.